The molecule has 0 bridgehead atoms. The van der Waals surface area contributed by atoms with E-state index in [1.165, 1.54) is 0 Å². The number of rotatable bonds is 2. The SMILES string of the molecule is CC1CC(CS(N)(=O)=O)C1. The van der Waals surface area contributed by atoms with Crippen molar-refractivity contribution < 1.29 is 8.42 Å². The van der Waals surface area contributed by atoms with Gasteiger partial charge in [-0.25, -0.2) is 13.6 Å². The zero-order valence-corrected chi connectivity index (χ0v) is 6.89. The predicted molar refractivity (Wildman–Crippen MR) is 39.9 cm³/mol. The van der Waals surface area contributed by atoms with Crippen LogP contribution >= 0.6 is 0 Å². The van der Waals surface area contributed by atoms with Gasteiger partial charge in [0.25, 0.3) is 0 Å². The molecule has 1 rings (SSSR count). The Balaban J connectivity index is 2.30. The zero-order chi connectivity index (χ0) is 7.78. The molecule has 0 heterocycles. The van der Waals surface area contributed by atoms with E-state index in [0.29, 0.717) is 11.8 Å². The molecular formula is C6H13NO2S. The average molecular weight is 163 g/mol. The van der Waals surface area contributed by atoms with E-state index in [2.05, 4.69) is 6.92 Å². The highest BCUT2D eigenvalue weighted by Gasteiger charge is 2.28. The van der Waals surface area contributed by atoms with E-state index in [1.54, 1.807) is 0 Å². The monoisotopic (exact) mass is 163 g/mol. The fourth-order valence-corrected chi connectivity index (χ4v) is 2.46. The number of sulfonamides is 1. The van der Waals surface area contributed by atoms with Crippen molar-refractivity contribution >= 4 is 10.0 Å². The molecule has 0 saturated heterocycles. The van der Waals surface area contributed by atoms with Gasteiger partial charge in [-0.05, 0) is 24.7 Å². The lowest BCUT2D eigenvalue weighted by atomic mass is 9.77. The molecule has 3 nitrogen and oxygen atoms in total. The van der Waals surface area contributed by atoms with Crippen LogP contribution in [0.5, 0.6) is 0 Å². The Kier molecular flexibility index (Phi) is 2.01. The molecule has 1 fully saturated rings. The van der Waals surface area contributed by atoms with E-state index in [0.717, 1.165) is 12.8 Å². The summed E-state index contributed by atoms with van der Waals surface area (Å²) in [4.78, 5) is 0. The van der Waals surface area contributed by atoms with Crippen molar-refractivity contribution in [3.05, 3.63) is 0 Å². The van der Waals surface area contributed by atoms with Gasteiger partial charge < -0.3 is 0 Å². The molecule has 10 heavy (non-hydrogen) atoms. The van der Waals surface area contributed by atoms with E-state index in [1.807, 2.05) is 0 Å². The minimum atomic E-state index is -3.21. The van der Waals surface area contributed by atoms with Gasteiger partial charge in [-0.3, -0.25) is 0 Å². The molecule has 1 aliphatic rings. The second kappa shape index (κ2) is 2.51. The summed E-state index contributed by atoms with van der Waals surface area (Å²) in [6, 6.07) is 0. The number of primary sulfonamides is 1. The van der Waals surface area contributed by atoms with Gasteiger partial charge in [0.1, 0.15) is 0 Å². The van der Waals surface area contributed by atoms with Gasteiger partial charge in [-0.15, -0.1) is 0 Å². The van der Waals surface area contributed by atoms with Crippen molar-refractivity contribution in [2.45, 2.75) is 19.8 Å². The molecule has 0 unspecified atom stereocenters. The molecule has 0 amide bonds. The fourth-order valence-electron chi connectivity index (χ4n) is 1.53. The summed E-state index contributed by atoms with van der Waals surface area (Å²) in [5, 5.41) is 4.86. The molecule has 1 saturated carbocycles. The normalized spacial score (nSPS) is 33.4. The quantitative estimate of drug-likeness (QED) is 0.637. The predicted octanol–water partition coefficient (Wildman–Crippen LogP) is 0.321. The van der Waals surface area contributed by atoms with Gasteiger partial charge in [0, 0.05) is 0 Å². The van der Waals surface area contributed by atoms with Crippen molar-refractivity contribution in [2.24, 2.45) is 17.0 Å². The summed E-state index contributed by atoms with van der Waals surface area (Å²) in [6.45, 7) is 2.12. The van der Waals surface area contributed by atoms with Gasteiger partial charge in [0.05, 0.1) is 5.75 Å². The molecule has 1 aliphatic carbocycles. The Hall–Kier alpha value is -0.0900. The third kappa shape index (κ3) is 2.27. The maximum atomic E-state index is 10.5. The van der Waals surface area contributed by atoms with Gasteiger partial charge in [0.15, 0.2) is 0 Å². The fraction of sp³-hybridized carbons (Fsp3) is 1.00. The van der Waals surface area contributed by atoms with Crippen molar-refractivity contribution in [3.8, 4) is 0 Å². The van der Waals surface area contributed by atoms with Crippen molar-refractivity contribution in [1.82, 2.24) is 0 Å². The highest BCUT2D eigenvalue weighted by Crippen LogP contribution is 2.33. The van der Waals surface area contributed by atoms with Gasteiger partial charge in [0.2, 0.25) is 10.0 Å². The zero-order valence-electron chi connectivity index (χ0n) is 6.08. The summed E-state index contributed by atoms with van der Waals surface area (Å²) in [7, 11) is -3.21. The van der Waals surface area contributed by atoms with Crippen molar-refractivity contribution in [2.75, 3.05) is 5.75 Å². The van der Waals surface area contributed by atoms with Crippen LogP contribution in [0.1, 0.15) is 19.8 Å². The third-order valence-corrected chi connectivity index (χ3v) is 2.88. The minimum absolute atomic E-state index is 0.178. The molecule has 0 atom stereocenters. The lowest BCUT2D eigenvalue weighted by molar-refractivity contribution is 0.235. The first-order chi connectivity index (χ1) is 4.47. The summed E-state index contributed by atoms with van der Waals surface area (Å²) in [5.41, 5.74) is 0. The van der Waals surface area contributed by atoms with Crippen LogP contribution in [0.3, 0.4) is 0 Å². The Labute approximate surface area is 61.7 Å². The molecule has 0 aromatic carbocycles. The minimum Gasteiger partial charge on any atom is -0.229 e. The molecule has 0 spiro atoms. The number of nitrogens with two attached hydrogens (primary N) is 1. The molecular weight excluding hydrogens is 150 g/mol. The van der Waals surface area contributed by atoms with Crippen LogP contribution in [0.2, 0.25) is 0 Å². The first kappa shape index (κ1) is 8.01. The Bertz CT molecular complexity index is 204. The Morgan fingerprint density at radius 3 is 2.30 bits per heavy atom. The van der Waals surface area contributed by atoms with E-state index in [9.17, 15) is 8.42 Å². The van der Waals surface area contributed by atoms with E-state index < -0.39 is 10.0 Å². The molecule has 0 aromatic rings. The molecule has 0 radical (unpaired) electrons. The van der Waals surface area contributed by atoms with Crippen LogP contribution < -0.4 is 5.14 Å². The first-order valence-corrected chi connectivity index (χ1v) is 5.19. The van der Waals surface area contributed by atoms with E-state index in [-0.39, 0.29) is 5.75 Å². The second-order valence-corrected chi connectivity index (χ2v) is 4.93. The largest absolute Gasteiger partial charge is 0.229 e. The lowest BCUT2D eigenvalue weighted by Crippen LogP contribution is -2.31. The molecule has 0 aliphatic heterocycles. The maximum absolute atomic E-state index is 10.5. The van der Waals surface area contributed by atoms with E-state index in [4.69, 9.17) is 5.14 Å². The Morgan fingerprint density at radius 2 is 2.00 bits per heavy atom. The smallest absolute Gasteiger partial charge is 0.209 e. The topological polar surface area (TPSA) is 60.2 Å². The number of hydrogen-bond donors (Lipinski definition) is 1. The van der Waals surface area contributed by atoms with Crippen molar-refractivity contribution in [1.29, 1.82) is 0 Å². The molecule has 4 heteroatoms. The molecule has 2 N–H and O–H groups in total. The van der Waals surface area contributed by atoms with E-state index >= 15 is 0 Å². The third-order valence-electron chi connectivity index (χ3n) is 1.94. The summed E-state index contributed by atoms with van der Waals surface area (Å²) in [5.74, 6) is 1.22. The maximum Gasteiger partial charge on any atom is 0.209 e. The van der Waals surface area contributed by atoms with Crippen molar-refractivity contribution in [3.63, 3.8) is 0 Å². The van der Waals surface area contributed by atoms with Crippen LogP contribution in [0.25, 0.3) is 0 Å². The highest BCUT2D eigenvalue weighted by molar-refractivity contribution is 7.89. The molecule has 0 aromatic heterocycles. The van der Waals surface area contributed by atoms with Crippen LogP contribution in [0.15, 0.2) is 0 Å². The summed E-state index contributed by atoms with van der Waals surface area (Å²) in [6.07, 6.45) is 2.05. The van der Waals surface area contributed by atoms with Crippen LogP contribution in [0, 0.1) is 11.8 Å². The lowest BCUT2D eigenvalue weighted by Gasteiger charge is -2.31. The summed E-state index contributed by atoms with van der Waals surface area (Å²) >= 11 is 0. The van der Waals surface area contributed by atoms with Crippen LogP contribution in [0.4, 0.5) is 0 Å². The van der Waals surface area contributed by atoms with Crippen LogP contribution in [-0.4, -0.2) is 14.2 Å². The molecule has 60 valence electrons. The first-order valence-electron chi connectivity index (χ1n) is 3.48. The highest BCUT2D eigenvalue weighted by atomic mass is 32.2. The average Bonchev–Trinajstić information content (AvgIpc) is 1.57. The van der Waals surface area contributed by atoms with Gasteiger partial charge >= 0.3 is 0 Å². The Morgan fingerprint density at radius 1 is 1.50 bits per heavy atom. The van der Waals surface area contributed by atoms with Crippen LogP contribution in [-0.2, 0) is 10.0 Å². The van der Waals surface area contributed by atoms with Gasteiger partial charge in [-0.1, -0.05) is 6.92 Å². The van der Waals surface area contributed by atoms with Gasteiger partial charge in [-0.2, -0.15) is 0 Å². The standard InChI is InChI=1S/C6H13NO2S/c1-5-2-6(3-5)4-10(7,8)9/h5-6H,2-4H2,1H3,(H2,7,8,9). The summed E-state index contributed by atoms with van der Waals surface area (Å²) < 4.78 is 21.0. The second-order valence-electron chi connectivity index (χ2n) is 3.27. The number of hydrogen-bond acceptors (Lipinski definition) is 2.